The molecule has 0 amide bonds. The Labute approximate surface area is 313 Å². The number of ether oxygens (including phenoxy) is 2. The minimum atomic E-state index is -1.75. The number of rotatable bonds is 13. The number of carboxylic acid groups (broad SMARTS) is 4. The molecular formula is C33H35N2NaO15. The average Bonchev–Trinajstić information content (AvgIpc) is 3.30. The van der Waals surface area contributed by atoms with Crippen LogP contribution in [0.2, 0.25) is 0 Å². The number of carbonyl (C=O) groups excluding carboxylic acids is 1. The first kappa shape index (κ1) is 40.7. The minimum absolute atomic E-state index is 0. The topological polar surface area (TPSA) is 272 Å². The van der Waals surface area contributed by atoms with E-state index in [0.717, 1.165) is 9.80 Å². The predicted molar refractivity (Wildman–Crippen MR) is 169 cm³/mol. The van der Waals surface area contributed by atoms with E-state index in [1.54, 1.807) is 18.2 Å². The van der Waals surface area contributed by atoms with Gasteiger partial charge >= 0.3 is 59.4 Å². The number of esters is 1. The van der Waals surface area contributed by atoms with Gasteiger partial charge in [0.25, 0.3) is 0 Å². The van der Waals surface area contributed by atoms with Gasteiger partial charge in [-0.25, -0.2) is 4.79 Å². The van der Waals surface area contributed by atoms with Crippen molar-refractivity contribution < 1.29 is 105 Å². The number of carboxylic acids is 4. The molecule has 2 aliphatic heterocycles. The summed E-state index contributed by atoms with van der Waals surface area (Å²) in [5.41, 5.74) is -0.636. The van der Waals surface area contributed by atoms with Crippen molar-refractivity contribution in [1.82, 2.24) is 9.80 Å². The molecule has 0 saturated carbocycles. The van der Waals surface area contributed by atoms with Gasteiger partial charge in [-0.2, -0.15) is 0 Å². The van der Waals surface area contributed by atoms with E-state index < -0.39 is 67.7 Å². The van der Waals surface area contributed by atoms with Gasteiger partial charge in [0.05, 0.1) is 44.5 Å². The van der Waals surface area contributed by atoms with Crippen molar-refractivity contribution in [2.45, 2.75) is 31.7 Å². The summed E-state index contributed by atoms with van der Waals surface area (Å²) in [4.78, 5) is 61.0. The Morgan fingerprint density at radius 1 is 0.745 bits per heavy atom. The van der Waals surface area contributed by atoms with Crippen molar-refractivity contribution >= 4 is 29.8 Å². The van der Waals surface area contributed by atoms with Gasteiger partial charge in [-0.15, -0.1) is 0 Å². The van der Waals surface area contributed by atoms with Gasteiger partial charge in [-0.3, -0.25) is 29.0 Å². The molecule has 3 aromatic rings. The van der Waals surface area contributed by atoms with Gasteiger partial charge in [0.1, 0.15) is 23.0 Å². The van der Waals surface area contributed by atoms with Crippen LogP contribution in [0.15, 0.2) is 48.5 Å². The second kappa shape index (κ2) is 17.0. The second-order valence-electron chi connectivity index (χ2n) is 11.6. The molecule has 1 spiro atoms. The summed E-state index contributed by atoms with van der Waals surface area (Å²) in [5, 5.41) is 75.0. The second-order valence-corrected chi connectivity index (χ2v) is 11.6. The summed E-state index contributed by atoms with van der Waals surface area (Å²) in [6.45, 7) is -1.88. The van der Waals surface area contributed by atoms with Crippen molar-refractivity contribution in [3.8, 4) is 23.0 Å². The predicted octanol–water partition coefficient (Wildman–Crippen LogP) is -1.92. The largest absolute Gasteiger partial charge is 1.00 e. The van der Waals surface area contributed by atoms with E-state index in [1.165, 1.54) is 37.3 Å². The molecule has 2 aliphatic rings. The van der Waals surface area contributed by atoms with Crippen molar-refractivity contribution in [3.63, 3.8) is 0 Å². The van der Waals surface area contributed by atoms with Crippen molar-refractivity contribution in [2.75, 3.05) is 32.8 Å². The first-order chi connectivity index (χ1) is 23.5. The van der Waals surface area contributed by atoms with Gasteiger partial charge in [0.15, 0.2) is 5.60 Å². The third kappa shape index (κ3) is 9.33. The zero-order valence-corrected chi connectivity index (χ0v) is 29.5. The van der Waals surface area contributed by atoms with Crippen LogP contribution in [0, 0.1) is 0 Å². The van der Waals surface area contributed by atoms with Gasteiger partial charge in [-0.05, 0) is 25.1 Å². The molecule has 3 aromatic carbocycles. The smallest absolute Gasteiger partial charge is 1.00 e. The summed E-state index contributed by atoms with van der Waals surface area (Å²) in [6.07, 6.45) is -0.560. The van der Waals surface area contributed by atoms with Crippen LogP contribution in [0.25, 0.3) is 0 Å². The van der Waals surface area contributed by atoms with Gasteiger partial charge in [0, 0.05) is 53.0 Å². The first-order valence-corrected chi connectivity index (χ1v) is 14.9. The molecule has 0 bridgehead atoms. The van der Waals surface area contributed by atoms with Crippen molar-refractivity contribution in [3.05, 3.63) is 81.9 Å². The van der Waals surface area contributed by atoms with Gasteiger partial charge in [-0.1, -0.05) is 18.2 Å². The Balaban J connectivity index is 0.00000125. The number of aliphatic hydroxyl groups is 2. The average molecular weight is 723 g/mol. The molecule has 17 nitrogen and oxygen atoms in total. The number of carbonyl (C=O) groups is 5. The zero-order chi connectivity index (χ0) is 36.9. The molecule has 268 valence electrons. The number of aliphatic carboxylic acids is 4. The van der Waals surface area contributed by atoms with E-state index >= 15 is 0 Å². The molecule has 1 atom stereocenters. The van der Waals surface area contributed by atoms with Crippen LogP contribution < -0.4 is 34.3 Å². The Hall–Kier alpha value is -4.75. The number of hydrogen-bond acceptors (Lipinski definition) is 13. The maximum absolute atomic E-state index is 13.3. The molecule has 2 heterocycles. The molecule has 18 heteroatoms. The van der Waals surface area contributed by atoms with Crippen LogP contribution in [0.1, 0.15) is 46.5 Å². The fourth-order valence-corrected chi connectivity index (χ4v) is 5.66. The normalized spacial score (nSPS) is 13.8. The first-order valence-electron chi connectivity index (χ1n) is 14.9. The Kier molecular flexibility index (Phi) is 13.5. The van der Waals surface area contributed by atoms with Gasteiger partial charge < -0.3 is 51.8 Å². The number of phenolic OH excluding ortho intramolecular Hbond substituents is 2. The summed E-state index contributed by atoms with van der Waals surface area (Å²) in [6, 6.07) is 11.7. The van der Waals surface area contributed by atoms with Crippen LogP contribution in [0.3, 0.4) is 0 Å². The molecular weight excluding hydrogens is 687 g/mol. The summed E-state index contributed by atoms with van der Waals surface area (Å²) >= 11 is 0. The van der Waals surface area contributed by atoms with Crippen LogP contribution in [-0.4, -0.2) is 119 Å². The Morgan fingerprint density at radius 3 is 1.51 bits per heavy atom. The zero-order valence-electron chi connectivity index (χ0n) is 28.5. The van der Waals surface area contributed by atoms with E-state index in [1.807, 2.05) is 0 Å². The monoisotopic (exact) mass is 722 g/mol. The third-order valence-electron chi connectivity index (χ3n) is 7.60. The number of fused-ring (bicyclic) bond motifs is 6. The number of phenols is 2. The molecule has 1 unspecified atom stereocenters. The summed E-state index contributed by atoms with van der Waals surface area (Å²) < 4.78 is 12.1. The maximum atomic E-state index is 13.3. The van der Waals surface area contributed by atoms with Crippen LogP contribution in [0.5, 0.6) is 23.0 Å². The summed E-state index contributed by atoms with van der Waals surface area (Å²) in [5.74, 6) is -6.62. The van der Waals surface area contributed by atoms with Crippen LogP contribution >= 0.6 is 0 Å². The van der Waals surface area contributed by atoms with E-state index in [4.69, 9.17) is 19.7 Å². The van der Waals surface area contributed by atoms with E-state index in [0.29, 0.717) is 5.56 Å². The van der Waals surface area contributed by atoms with E-state index in [2.05, 4.69) is 0 Å². The number of aromatic hydroxyl groups is 2. The van der Waals surface area contributed by atoms with E-state index in [9.17, 15) is 54.6 Å². The number of nitrogens with zero attached hydrogens (tertiary/aromatic N) is 2. The fraction of sp³-hybridized carbons (Fsp3) is 0.303. The SMILES string of the molecule is CC(O)CO.O=C(O)CN(CC(=O)O)Cc1cc2c(cc1O)Oc1cc(O)c(CN(CC(=O)O)CC(=O)O)cc1C21OC(=O)c2ccccc21.[H-].[Na+]. The number of benzene rings is 3. The van der Waals surface area contributed by atoms with Crippen molar-refractivity contribution in [2.24, 2.45) is 0 Å². The third-order valence-corrected chi connectivity index (χ3v) is 7.60. The van der Waals surface area contributed by atoms with Crippen molar-refractivity contribution in [1.29, 1.82) is 0 Å². The molecule has 0 aliphatic carbocycles. The molecule has 0 radical (unpaired) electrons. The molecule has 0 saturated heterocycles. The summed E-state index contributed by atoms with van der Waals surface area (Å²) in [7, 11) is 0. The standard InChI is InChI=1S/C30H26N2O13.C3H8O2.Na.H/c33-21-7-23-19(5-15(21)9-31(11-25(35)36)12-26(37)38)30(18-4-2-1-3-17(18)29(43)45-30)20-6-16(22(34)8-24(20)44-23)10-32(13-27(39)40)14-28(41)42;1-3(5)2-4;;/h1-8,33-34H,9-14H2,(H,35,36)(H,37,38)(H,39,40)(H,41,42);3-5H,2H2,1H3;;/q;;+1;-1. The Bertz CT molecular complexity index is 1710. The number of aliphatic hydroxyl groups excluding tert-OH is 2. The molecule has 5 rings (SSSR count). The molecule has 0 aromatic heterocycles. The maximum Gasteiger partial charge on any atom is 1.00 e. The Morgan fingerprint density at radius 2 is 1.14 bits per heavy atom. The molecule has 0 fully saturated rings. The molecule has 8 N–H and O–H groups in total. The van der Waals surface area contributed by atoms with Gasteiger partial charge in [0.2, 0.25) is 0 Å². The minimum Gasteiger partial charge on any atom is -1.00 e. The van der Waals surface area contributed by atoms with E-state index in [-0.39, 0.29) is 101 Å². The number of hydrogen-bond donors (Lipinski definition) is 8. The van der Waals surface area contributed by atoms with Crippen LogP contribution in [-0.2, 0) is 42.6 Å². The van der Waals surface area contributed by atoms with Crippen LogP contribution in [0.4, 0.5) is 0 Å². The quantitative estimate of drug-likeness (QED) is 0.0706. The molecule has 51 heavy (non-hydrogen) atoms. The fourth-order valence-electron chi connectivity index (χ4n) is 5.66.